The molecular formula is C14H19N3O2. The van der Waals surface area contributed by atoms with E-state index in [0.717, 1.165) is 17.7 Å². The first-order chi connectivity index (χ1) is 9.15. The zero-order chi connectivity index (χ0) is 13.8. The molecule has 5 heteroatoms. The Labute approximate surface area is 112 Å². The highest BCUT2D eigenvalue weighted by Crippen LogP contribution is 2.25. The number of nitrogens with two attached hydrogens (primary N) is 1. The van der Waals surface area contributed by atoms with Gasteiger partial charge >= 0.3 is 0 Å². The van der Waals surface area contributed by atoms with Crippen LogP contribution in [0, 0.1) is 5.92 Å². The van der Waals surface area contributed by atoms with E-state index in [0.29, 0.717) is 17.6 Å². The standard InChI is InChI=1S/C14H19N3O2/c1-4-9(2)12(15)14-16-13(17-19-14)10-6-5-7-11(8-10)18-3/h5-9,12H,4,15H2,1-3H3. The Morgan fingerprint density at radius 2 is 2.21 bits per heavy atom. The first-order valence-electron chi connectivity index (χ1n) is 6.39. The summed E-state index contributed by atoms with van der Waals surface area (Å²) in [6.45, 7) is 4.16. The molecule has 0 spiro atoms. The van der Waals surface area contributed by atoms with E-state index in [-0.39, 0.29) is 6.04 Å². The third kappa shape index (κ3) is 2.93. The molecule has 0 saturated carbocycles. The van der Waals surface area contributed by atoms with Gasteiger partial charge in [-0.2, -0.15) is 4.98 Å². The maximum absolute atomic E-state index is 6.08. The minimum Gasteiger partial charge on any atom is -0.497 e. The number of methoxy groups -OCH3 is 1. The lowest BCUT2D eigenvalue weighted by Gasteiger charge is -2.12. The number of aromatic nitrogens is 2. The third-order valence-corrected chi connectivity index (χ3v) is 3.31. The molecule has 2 aromatic rings. The second-order valence-electron chi connectivity index (χ2n) is 4.60. The molecule has 0 aliphatic carbocycles. The topological polar surface area (TPSA) is 74.2 Å². The molecule has 0 saturated heterocycles. The number of ether oxygens (including phenoxy) is 1. The summed E-state index contributed by atoms with van der Waals surface area (Å²) < 4.78 is 10.4. The highest BCUT2D eigenvalue weighted by atomic mass is 16.5. The van der Waals surface area contributed by atoms with Gasteiger partial charge in [0.05, 0.1) is 13.2 Å². The fourth-order valence-corrected chi connectivity index (χ4v) is 1.75. The van der Waals surface area contributed by atoms with Crippen LogP contribution in [-0.2, 0) is 0 Å². The average molecular weight is 261 g/mol. The largest absolute Gasteiger partial charge is 0.497 e. The molecule has 0 amide bonds. The van der Waals surface area contributed by atoms with E-state index in [9.17, 15) is 0 Å². The van der Waals surface area contributed by atoms with Gasteiger partial charge in [-0.1, -0.05) is 37.6 Å². The highest BCUT2D eigenvalue weighted by Gasteiger charge is 2.20. The first kappa shape index (κ1) is 13.5. The van der Waals surface area contributed by atoms with Crippen molar-refractivity contribution in [1.82, 2.24) is 10.1 Å². The fraction of sp³-hybridized carbons (Fsp3) is 0.429. The zero-order valence-electron chi connectivity index (χ0n) is 11.5. The molecule has 2 unspecified atom stereocenters. The number of benzene rings is 1. The zero-order valence-corrected chi connectivity index (χ0v) is 11.5. The molecule has 102 valence electrons. The first-order valence-corrected chi connectivity index (χ1v) is 6.39. The van der Waals surface area contributed by atoms with Crippen molar-refractivity contribution in [3.8, 4) is 17.1 Å². The Hall–Kier alpha value is -1.88. The third-order valence-electron chi connectivity index (χ3n) is 3.31. The summed E-state index contributed by atoms with van der Waals surface area (Å²) in [4.78, 5) is 4.37. The highest BCUT2D eigenvalue weighted by molar-refractivity contribution is 5.56. The van der Waals surface area contributed by atoms with E-state index in [1.807, 2.05) is 24.3 Å². The van der Waals surface area contributed by atoms with Crippen LogP contribution in [0.15, 0.2) is 28.8 Å². The van der Waals surface area contributed by atoms with Crippen molar-refractivity contribution >= 4 is 0 Å². The van der Waals surface area contributed by atoms with Crippen LogP contribution in [0.4, 0.5) is 0 Å². The van der Waals surface area contributed by atoms with Crippen molar-refractivity contribution in [1.29, 1.82) is 0 Å². The van der Waals surface area contributed by atoms with Crippen LogP contribution in [0.5, 0.6) is 5.75 Å². The van der Waals surface area contributed by atoms with Crippen LogP contribution in [0.1, 0.15) is 32.2 Å². The van der Waals surface area contributed by atoms with Gasteiger partial charge in [-0.25, -0.2) is 0 Å². The Balaban J connectivity index is 2.25. The SMILES string of the molecule is CCC(C)C(N)c1nc(-c2cccc(OC)c2)no1. The smallest absolute Gasteiger partial charge is 0.244 e. The van der Waals surface area contributed by atoms with Gasteiger partial charge in [0.25, 0.3) is 0 Å². The van der Waals surface area contributed by atoms with Crippen molar-refractivity contribution in [2.75, 3.05) is 7.11 Å². The van der Waals surface area contributed by atoms with Crippen molar-refractivity contribution in [2.45, 2.75) is 26.3 Å². The molecular weight excluding hydrogens is 242 g/mol. The van der Waals surface area contributed by atoms with Gasteiger partial charge in [0.1, 0.15) is 5.75 Å². The molecule has 2 N–H and O–H groups in total. The van der Waals surface area contributed by atoms with E-state index < -0.39 is 0 Å². The Kier molecular flexibility index (Phi) is 4.16. The molecule has 2 atom stereocenters. The monoisotopic (exact) mass is 261 g/mol. The van der Waals surface area contributed by atoms with Crippen LogP contribution < -0.4 is 10.5 Å². The van der Waals surface area contributed by atoms with Crippen molar-refractivity contribution < 1.29 is 9.26 Å². The van der Waals surface area contributed by atoms with Crippen LogP contribution >= 0.6 is 0 Å². The van der Waals surface area contributed by atoms with E-state index in [4.69, 9.17) is 15.0 Å². The van der Waals surface area contributed by atoms with E-state index in [2.05, 4.69) is 24.0 Å². The van der Waals surface area contributed by atoms with Gasteiger partial charge in [0, 0.05) is 5.56 Å². The molecule has 0 aliphatic rings. The van der Waals surface area contributed by atoms with Gasteiger partial charge in [-0.15, -0.1) is 0 Å². The number of rotatable bonds is 5. The summed E-state index contributed by atoms with van der Waals surface area (Å²) >= 11 is 0. The van der Waals surface area contributed by atoms with Gasteiger partial charge in [-0.3, -0.25) is 0 Å². The molecule has 0 fully saturated rings. The maximum atomic E-state index is 6.08. The van der Waals surface area contributed by atoms with Gasteiger partial charge < -0.3 is 15.0 Å². The molecule has 2 rings (SSSR count). The molecule has 5 nitrogen and oxygen atoms in total. The molecule has 0 bridgehead atoms. The van der Waals surface area contributed by atoms with E-state index >= 15 is 0 Å². The minimum atomic E-state index is -0.225. The predicted octanol–water partition coefficient (Wildman–Crippen LogP) is 2.79. The summed E-state index contributed by atoms with van der Waals surface area (Å²) in [5.74, 6) is 2.08. The lowest BCUT2D eigenvalue weighted by atomic mass is 10.0. The molecule has 0 radical (unpaired) electrons. The predicted molar refractivity (Wildman–Crippen MR) is 72.7 cm³/mol. The molecule has 19 heavy (non-hydrogen) atoms. The molecule has 0 aliphatic heterocycles. The Morgan fingerprint density at radius 3 is 2.89 bits per heavy atom. The van der Waals surface area contributed by atoms with Crippen LogP contribution in [0.2, 0.25) is 0 Å². The summed E-state index contributed by atoms with van der Waals surface area (Å²) in [5, 5.41) is 3.98. The quantitative estimate of drug-likeness (QED) is 0.895. The number of hydrogen-bond acceptors (Lipinski definition) is 5. The average Bonchev–Trinajstić information content (AvgIpc) is 2.95. The van der Waals surface area contributed by atoms with Gasteiger partial charge in [0.2, 0.25) is 11.7 Å². The van der Waals surface area contributed by atoms with Crippen molar-refractivity contribution in [2.24, 2.45) is 11.7 Å². The van der Waals surface area contributed by atoms with Crippen LogP contribution in [-0.4, -0.2) is 17.3 Å². The number of hydrogen-bond donors (Lipinski definition) is 1. The Bertz CT molecular complexity index is 539. The minimum absolute atomic E-state index is 0.225. The van der Waals surface area contributed by atoms with Gasteiger partial charge in [-0.05, 0) is 18.1 Å². The van der Waals surface area contributed by atoms with E-state index in [1.54, 1.807) is 7.11 Å². The Morgan fingerprint density at radius 1 is 1.42 bits per heavy atom. The summed E-state index contributed by atoms with van der Waals surface area (Å²) in [6.07, 6.45) is 0.970. The molecule has 1 aromatic carbocycles. The van der Waals surface area contributed by atoms with Crippen LogP contribution in [0.3, 0.4) is 0 Å². The normalized spacial score (nSPS) is 14.1. The second kappa shape index (κ2) is 5.84. The van der Waals surface area contributed by atoms with Crippen molar-refractivity contribution in [3.05, 3.63) is 30.2 Å². The summed E-state index contributed by atoms with van der Waals surface area (Å²) in [5.41, 5.74) is 6.93. The molecule has 1 heterocycles. The molecule has 1 aromatic heterocycles. The fourth-order valence-electron chi connectivity index (χ4n) is 1.75. The number of nitrogens with zero attached hydrogens (tertiary/aromatic N) is 2. The maximum Gasteiger partial charge on any atom is 0.244 e. The van der Waals surface area contributed by atoms with E-state index in [1.165, 1.54) is 0 Å². The van der Waals surface area contributed by atoms with Gasteiger partial charge in [0.15, 0.2) is 0 Å². The summed E-state index contributed by atoms with van der Waals surface area (Å²) in [7, 11) is 1.62. The summed E-state index contributed by atoms with van der Waals surface area (Å²) in [6, 6.07) is 7.31. The lowest BCUT2D eigenvalue weighted by molar-refractivity contribution is 0.312. The second-order valence-corrected chi connectivity index (χ2v) is 4.60. The lowest BCUT2D eigenvalue weighted by Crippen LogP contribution is -2.18. The van der Waals surface area contributed by atoms with Crippen LogP contribution in [0.25, 0.3) is 11.4 Å². The van der Waals surface area contributed by atoms with Crippen molar-refractivity contribution in [3.63, 3.8) is 0 Å².